The molecule has 0 fully saturated rings. The van der Waals surface area contributed by atoms with Gasteiger partial charge >= 0.3 is 0 Å². The molecule has 0 rings (SSSR count). The zero-order valence-corrected chi connectivity index (χ0v) is 18.7. The number of unbranched alkanes of at least 4 members (excludes halogenated alkanes) is 21. The minimum absolute atomic E-state index is 0.844. The highest BCUT2D eigenvalue weighted by Gasteiger charge is 1.95. The van der Waals surface area contributed by atoms with Gasteiger partial charge in [0.2, 0.25) is 0 Å². The van der Waals surface area contributed by atoms with Crippen LogP contribution in [0.4, 0.5) is 0 Å². The fourth-order valence-corrected chi connectivity index (χ4v) is 3.93. The lowest BCUT2D eigenvalue weighted by Crippen LogP contribution is -1.84. The van der Waals surface area contributed by atoms with Crippen molar-refractivity contribution >= 4 is 11.6 Å². The standard InChI is InChI=1S/C25H49Cl/c1-2-3-4-5-6-7-8-9-10-11-12-13-14-15-16-17-18-19-20-21-22-23-24-25-26/h2H,1,3-25H2. The van der Waals surface area contributed by atoms with E-state index in [2.05, 4.69) is 6.58 Å². The largest absolute Gasteiger partial charge is 0.127 e. The Kier molecular flexibility index (Phi) is 25.1. The molecule has 0 aromatic carbocycles. The van der Waals surface area contributed by atoms with Gasteiger partial charge in [-0.15, -0.1) is 18.2 Å². The molecule has 0 aliphatic rings. The molecule has 26 heavy (non-hydrogen) atoms. The molecule has 0 N–H and O–H groups in total. The fraction of sp³-hybridized carbons (Fsp3) is 0.920. The maximum Gasteiger partial charge on any atom is 0.0223 e. The quantitative estimate of drug-likeness (QED) is 0.0933. The molecule has 0 spiro atoms. The van der Waals surface area contributed by atoms with E-state index in [0.717, 1.165) is 5.88 Å². The molecule has 0 bridgehead atoms. The van der Waals surface area contributed by atoms with E-state index in [9.17, 15) is 0 Å². The Morgan fingerprint density at radius 2 is 0.615 bits per heavy atom. The molecule has 0 nitrogen and oxygen atoms in total. The van der Waals surface area contributed by atoms with E-state index in [1.807, 2.05) is 6.08 Å². The second-order valence-electron chi connectivity index (χ2n) is 8.19. The number of alkyl halides is 1. The van der Waals surface area contributed by atoms with Crippen molar-refractivity contribution in [3.63, 3.8) is 0 Å². The highest BCUT2D eigenvalue weighted by molar-refractivity contribution is 6.17. The summed E-state index contributed by atoms with van der Waals surface area (Å²) in [5, 5.41) is 0. The first-order chi connectivity index (χ1) is 12.9. The van der Waals surface area contributed by atoms with Gasteiger partial charge in [0.05, 0.1) is 0 Å². The number of rotatable bonds is 23. The molecule has 0 atom stereocenters. The predicted octanol–water partition coefficient (Wildman–Crippen LogP) is 9.99. The molecule has 0 radical (unpaired) electrons. The zero-order valence-electron chi connectivity index (χ0n) is 17.9. The second kappa shape index (κ2) is 25.0. The predicted molar refractivity (Wildman–Crippen MR) is 122 cm³/mol. The van der Waals surface area contributed by atoms with E-state index in [1.54, 1.807) is 0 Å². The summed E-state index contributed by atoms with van der Waals surface area (Å²) in [4.78, 5) is 0. The van der Waals surface area contributed by atoms with E-state index in [4.69, 9.17) is 11.6 Å². The third-order valence-electron chi connectivity index (χ3n) is 5.54. The van der Waals surface area contributed by atoms with Gasteiger partial charge in [-0.05, 0) is 19.3 Å². The highest BCUT2D eigenvalue weighted by Crippen LogP contribution is 2.15. The van der Waals surface area contributed by atoms with Crippen LogP contribution in [-0.4, -0.2) is 5.88 Å². The van der Waals surface area contributed by atoms with Crippen LogP contribution in [0.5, 0.6) is 0 Å². The van der Waals surface area contributed by atoms with Crippen LogP contribution in [0, 0.1) is 0 Å². The Morgan fingerprint density at radius 3 is 0.846 bits per heavy atom. The van der Waals surface area contributed by atoms with E-state index < -0.39 is 0 Å². The Labute approximate surface area is 171 Å². The van der Waals surface area contributed by atoms with E-state index >= 15 is 0 Å². The maximum atomic E-state index is 5.69. The van der Waals surface area contributed by atoms with Gasteiger partial charge in [0.1, 0.15) is 0 Å². The normalized spacial score (nSPS) is 11.1. The van der Waals surface area contributed by atoms with Gasteiger partial charge in [0, 0.05) is 5.88 Å². The minimum atomic E-state index is 0.844. The summed E-state index contributed by atoms with van der Waals surface area (Å²) < 4.78 is 0. The van der Waals surface area contributed by atoms with Crippen LogP contribution in [0.15, 0.2) is 12.7 Å². The lowest BCUT2D eigenvalue weighted by molar-refractivity contribution is 0.520. The molecule has 0 aromatic rings. The summed E-state index contributed by atoms with van der Waals surface area (Å²) in [6.07, 6.45) is 33.3. The second-order valence-corrected chi connectivity index (χ2v) is 8.57. The smallest absolute Gasteiger partial charge is 0.0223 e. The topological polar surface area (TPSA) is 0 Å². The number of halogens is 1. The van der Waals surface area contributed by atoms with Gasteiger partial charge < -0.3 is 0 Å². The van der Waals surface area contributed by atoms with Crippen LogP contribution in [0.2, 0.25) is 0 Å². The van der Waals surface area contributed by atoms with Crippen molar-refractivity contribution in [3.05, 3.63) is 12.7 Å². The number of hydrogen-bond acceptors (Lipinski definition) is 0. The SMILES string of the molecule is C=CCCCCCCCCCCCCCCCCCCCCCCCCl. The van der Waals surface area contributed by atoms with Gasteiger partial charge in [-0.3, -0.25) is 0 Å². The Morgan fingerprint density at radius 1 is 0.385 bits per heavy atom. The van der Waals surface area contributed by atoms with Crippen LogP contribution in [-0.2, 0) is 0 Å². The summed E-state index contributed by atoms with van der Waals surface area (Å²) in [6, 6.07) is 0. The first kappa shape index (κ1) is 26.0. The fourth-order valence-electron chi connectivity index (χ4n) is 3.74. The first-order valence-corrected chi connectivity index (χ1v) is 12.6. The molecule has 0 heterocycles. The third kappa shape index (κ3) is 24.0. The molecule has 0 amide bonds. The van der Waals surface area contributed by atoms with Crippen molar-refractivity contribution in [2.75, 3.05) is 5.88 Å². The van der Waals surface area contributed by atoms with Gasteiger partial charge in [-0.1, -0.05) is 128 Å². The minimum Gasteiger partial charge on any atom is -0.127 e. The van der Waals surface area contributed by atoms with Crippen LogP contribution in [0.1, 0.15) is 141 Å². The summed E-state index contributed by atoms with van der Waals surface area (Å²) in [5.41, 5.74) is 0. The van der Waals surface area contributed by atoms with Crippen molar-refractivity contribution in [3.8, 4) is 0 Å². The molecule has 1 heteroatoms. The average molecular weight is 385 g/mol. The van der Waals surface area contributed by atoms with Crippen molar-refractivity contribution in [2.24, 2.45) is 0 Å². The van der Waals surface area contributed by atoms with E-state index in [1.165, 1.54) is 141 Å². The lowest BCUT2D eigenvalue weighted by Gasteiger charge is -2.04. The third-order valence-corrected chi connectivity index (χ3v) is 5.81. The van der Waals surface area contributed by atoms with Gasteiger partial charge in [0.25, 0.3) is 0 Å². The van der Waals surface area contributed by atoms with Crippen LogP contribution < -0.4 is 0 Å². The van der Waals surface area contributed by atoms with Crippen LogP contribution in [0.25, 0.3) is 0 Å². The Balaban J connectivity index is 2.96. The van der Waals surface area contributed by atoms with Crippen molar-refractivity contribution < 1.29 is 0 Å². The van der Waals surface area contributed by atoms with Crippen molar-refractivity contribution in [1.29, 1.82) is 0 Å². The van der Waals surface area contributed by atoms with Crippen molar-refractivity contribution in [2.45, 2.75) is 141 Å². The Bertz CT molecular complexity index is 249. The maximum absolute atomic E-state index is 5.69. The van der Waals surface area contributed by atoms with Crippen LogP contribution in [0.3, 0.4) is 0 Å². The molecule has 0 unspecified atom stereocenters. The molecule has 0 aromatic heterocycles. The average Bonchev–Trinajstić information content (AvgIpc) is 2.66. The van der Waals surface area contributed by atoms with E-state index in [-0.39, 0.29) is 0 Å². The zero-order chi connectivity index (χ0) is 19.0. The van der Waals surface area contributed by atoms with E-state index in [0.29, 0.717) is 0 Å². The Hall–Kier alpha value is 0.0300. The van der Waals surface area contributed by atoms with Crippen LogP contribution >= 0.6 is 11.6 Å². The lowest BCUT2D eigenvalue weighted by atomic mass is 10.0. The molecule has 0 aliphatic carbocycles. The molecule has 0 saturated carbocycles. The summed E-state index contributed by atoms with van der Waals surface area (Å²) in [6.45, 7) is 3.78. The number of hydrogen-bond donors (Lipinski definition) is 0. The molecular weight excluding hydrogens is 336 g/mol. The molecule has 156 valence electrons. The first-order valence-electron chi connectivity index (χ1n) is 12.1. The highest BCUT2D eigenvalue weighted by atomic mass is 35.5. The number of allylic oxidation sites excluding steroid dienone is 1. The molecular formula is C25H49Cl. The summed E-state index contributed by atoms with van der Waals surface area (Å²) in [7, 11) is 0. The molecule has 0 saturated heterocycles. The monoisotopic (exact) mass is 384 g/mol. The summed E-state index contributed by atoms with van der Waals surface area (Å²) in [5.74, 6) is 0.844. The van der Waals surface area contributed by atoms with Gasteiger partial charge in [0.15, 0.2) is 0 Å². The van der Waals surface area contributed by atoms with Crippen molar-refractivity contribution in [1.82, 2.24) is 0 Å². The van der Waals surface area contributed by atoms with Gasteiger partial charge in [-0.2, -0.15) is 0 Å². The summed E-state index contributed by atoms with van der Waals surface area (Å²) >= 11 is 5.69. The van der Waals surface area contributed by atoms with Gasteiger partial charge in [-0.25, -0.2) is 0 Å². The molecule has 0 aliphatic heterocycles.